The molecule has 23 heavy (non-hydrogen) atoms. The summed E-state index contributed by atoms with van der Waals surface area (Å²) in [7, 11) is 2.24. The Morgan fingerprint density at radius 1 is 1.17 bits per heavy atom. The number of hydrogen-bond acceptors (Lipinski definition) is 3. The van der Waals surface area contributed by atoms with E-state index in [1.54, 1.807) is 0 Å². The van der Waals surface area contributed by atoms with Gasteiger partial charge in [0.05, 0.1) is 11.7 Å². The van der Waals surface area contributed by atoms with Crippen LogP contribution in [0, 0.1) is 12.8 Å². The van der Waals surface area contributed by atoms with Gasteiger partial charge in [0.2, 0.25) is 0 Å². The fourth-order valence-electron chi connectivity index (χ4n) is 3.61. The number of benzene rings is 1. The first-order chi connectivity index (χ1) is 11.2. The summed E-state index contributed by atoms with van der Waals surface area (Å²) in [6.07, 6.45) is 4.44. The number of nitrogens with one attached hydrogen (secondary N) is 1. The first-order valence-electron chi connectivity index (χ1n) is 8.62. The monoisotopic (exact) mass is 309 g/mol. The number of pyridine rings is 1. The van der Waals surface area contributed by atoms with Gasteiger partial charge in [-0.2, -0.15) is 0 Å². The van der Waals surface area contributed by atoms with E-state index in [9.17, 15) is 0 Å². The van der Waals surface area contributed by atoms with Gasteiger partial charge in [-0.1, -0.05) is 35.9 Å². The van der Waals surface area contributed by atoms with Crippen molar-refractivity contribution in [1.29, 1.82) is 0 Å². The molecule has 3 rings (SSSR count). The van der Waals surface area contributed by atoms with Crippen molar-refractivity contribution in [2.45, 2.75) is 25.8 Å². The third-order valence-electron chi connectivity index (χ3n) is 4.77. The maximum Gasteiger partial charge on any atom is 0.0774 e. The van der Waals surface area contributed by atoms with Crippen molar-refractivity contribution in [1.82, 2.24) is 15.2 Å². The SMILES string of the molecule is Cc1cccc(C(c2ccccn2)N(C)CC2CCNCC2)c1. The molecule has 0 amide bonds. The van der Waals surface area contributed by atoms with Crippen LogP contribution in [-0.2, 0) is 0 Å². The zero-order valence-electron chi connectivity index (χ0n) is 14.2. The average Bonchev–Trinajstić information content (AvgIpc) is 2.57. The summed E-state index contributed by atoms with van der Waals surface area (Å²) in [5.74, 6) is 0.775. The molecule has 0 radical (unpaired) electrons. The van der Waals surface area contributed by atoms with Crippen LogP contribution in [0.4, 0.5) is 0 Å². The normalized spacial score (nSPS) is 17.3. The minimum atomic E-state index is 0.228. The minimum absolute atomic E-state index is 0.228. The van der Waals surface area contributed by atoms with Crippen molar-refractivity contribution in [3.8, 4) is 0 Å². The highest BCUT2D eigenvalue weighted by atomic mass is 15.1. The largest absolute Gasteiger partial charge is 0.317 e. The third kappa shape index (κ3) is 4.18. The lowest BCUT2D eigenvalue weighted by molar-refractivity contribution is 0.205. The molecule has 3 heteroatoms. The molecule has 2 aromatic rings. The van der Waals surface area contributed by atoms with Crippen LogP contribution in [-0.4, -0.2) is 36.6 Å². The summed E-state index contributed by atoms with van der Waals surface area (Å²) in [4.78, 5) is 7.12. The molecule has 1 aliphatic rings. The fourth-order valence-corrected chi connectivity index (χ4v) is 3.61. The van der Waals surface area contributed by atoms with Crippen molar-refractivity contribution in [2.75, 3.05) is 26.7 Å². The number of aryl methyl sites for hydroxylation is 1. The van der Waals surface area contributed by atoms with Crippen LogP contribution in [0.1, 0.15) is 35.7 Å². The maximum absolute atomic E-state index is 4.65. The Morgan fingerprint density at radius 2 is 2.00 bits per heavy atom. The van der Waals surface area contributed by atoms with E-state index in [-0.39, 0.29) is 6.04 Å². The number of hydrogen-bond donors (Lipinski definition) is 1. The molecule has 122 valence electrons. The lowest BCUT2D eigenvalue weighted by atomic mass is 9.94. The predicted molar refractivity (Wildman–Crippen MR) is 95.5 cm³/mol. The van der Waals surface area contributed by atoms with Gasteiger partial charge in [0, 0.05) is 12.7 Å². The number of piperidine rings is 1. The summed E-state index contributed by atoms with van der Waals surface area (Å²) in [6, 6.07) is 15.3. The third-order valence-corrected chi connectivity index (χ3v) is 4.77. The molecule has 1 fully saturated rings. The van der Waals surface area contributed by atoms with Gasteiger partial charge in [-0.05, 0) is 63.5 Å². The summed E-state index contributed by atoms with van der Waals surface area (Å²) in [6.45, 7) is 5.58. The summed E-state index contributed by atoms with van der Waals surface area (Å²) in [5.41, 5.74) is 3.77. The quantitative estimate of drug-likeness (QED) is 0.917. The van der Waals surface area contributed by atoms with Crippen molar-refractivity contribution in [3.63, 3.8) is 0 Å². The van der Waals surface area contributed by atoms with Gasteiger partial charge in [-0.15, -0.1) is 0 Å². The Kier molecular flexibility index (Phi) is 5.42. The molecule has 1 atom stereocenters. The molecule has 0 saturated carbocycles. The molecule has 1 saturated heterocycles. The first-order valence-corrected chi connectivity index (χ1v) is 8.62. The van der Waals surface area contributed by atoms with E-state index in [0.29, 0.717) is 0 Å². The molecule has 0 spiro atoms. The van der Waals surface area contributed by atoms with E-state index >= 15 is 0 Å². The second-order valence-electron chi connectivity index (χ2n) is 6.70. The van der Waals surface area contributed by atoms with E-state index in [1.165, 1.54) is 24.0 Å². The van der Waals surface area contributed by atoms with Gasteiger partial charge in [-0.25, -0.2) is 0 Å². The Labute approximate surface area is 139 Å². The van der Waals surface area contributed by atoms with Crippen molar-refractivity contribution in [3.05, 3.63) is 65.5 Å². The molecule has 1 unspecified atom stereocenters. The fraction of sp³-hybridized carbons (Fsp3) is 0.450. The van der Waals surface area contributed by atoms with Gasteiger partial charge in [0.15, 0.2) is 0 Å². The first kappa shape index (κ1) is 16.2. The van der Waals surface area contributed by atoms with E-state index < -0.39 is 0 Å². The number of nitrogens with zero attached hydrogens (tertiary/aromatic N) is 2. The zero-order chi connectivity index (χ0) is 16.1. The van der Waals surface area contributed by atoms with E-state index in [4.69, 9.17) is 0 Å². The van der Waals surface area contributed by atoms with Crippen LogP contribution >= 0.6 is 0 Å². The van der Waals surface area contributed by atoms with Crippen molar-refractivity contribution < 1.29 is 0 Å². The summed E-state index contributed by atoms with van der Waals surface area (Å²) >= 11 is 0. The van der Waals surface area contributed by atoms with E-state index in [2.05, 4.69) is 65.6 Å². The van der Waals surface area contributed by atoms with Crippen LogP contribution < -0.4 is 5.32 Å². The minimum Gasteiger partial charge on any atom is -0.317 e. The number of rotatable bonds is 5. The van der Waals surface area contributed by atoms with Crippen LogP contribution in [0.25, 0.3) is 0 Å². The standard InChI is InChI=1S/C20H27N3/c1-16-6-5-7-18(14-16)20(19-8-3-4-11-22-19)23(2)15-17-9-12-21-13-10-17/h3-8,11,14,17,20-21H,9-10,12-13,15H2,1-2H3. The smallest absolute Gasteiger partial charge is 0.0774 e. The Balaban J connectivity index is 1.85. The maximum atomic E-state index is 4.65. The molecular formula is C20H27N3. The summed E-state index contributed by atoms with van der Waals surface area (Å²) in [5, 5.41) is 3.46. The van der Waals surface area contributed by atoms with E-state index in [0.717, 1.165) is 31.2 Å². The predicted octanol–water partition coefficient (Wildman–Crippen LogP) is 3.41. The highest BCUT2D eigenvalue weighted by Crippen LogP contribution is 2.28. The lowest BCUT2D eigenvalue weighted by Gasteiger charge is -2.33. The summed E-state index contributed by atoms with van der Waals surface area (Å²) < 4.78 is 0. The van der Waals surface area contributed by atoms with Crippen molar-refractivity contribution in [2.24, 2.45) is 5.92 Å². The van der Waals surface area contributed by atoms with Gasteiger partial charge in [0.1, 0.15) is 0 Å². The molecule has 1 aromatic carbocycles. The molecule has 0 bridgehead atoms. The molecule has 1 aliphatic heterocycles. The molecular weight excluding hydrogens is 282 g/mol. The van der Waals surface area contributed by atoms with Crippen LogP contribution in [0.5, 0.6) is 0 Å². The molecule has 1 N–H and O–H groups in total. The van der Waals surface area contributed by atoms with Gasteiger partial charge >= 0.3 is 0 Å². The Bertz CT molecular complexity index is 605. The Morgan fingerprint density at radius 3 is 2.70 bits per heavy atom. The van der Waals surface area contributed by atoms with Gasteiger partial charge in [0.25, 0.3) is 0 Å². The zero-order valence-corrected chi connectivity index (χ0v) is 14.2. The van der Waals surface area contributed by atoms with Crippen LogP contribution in [0.3, 0.4) is 0 Å². The molecule has 2 heterocycles. The average molecular weight is 309 g/mol. The van der Waals surface area contributed by atoms with Gasteiger partial charge in [-0.3, -0.25) is 9.88 Å². The second-order valence-corrected chi connectivity index (χ2v) is 6.70. The van der Waals surface area contributed by atoms with Crippen molar-refractivity contribution >= 4 is 0 Å². The van der Waals surface area contributed by atoms with Crippen LogP contribution in [0.2, 0.25) is 0 Å². The number of aromatic nitrogens is 1. The molecule has 0 aliphatic carbocycles. The van der Waals surface area contributed by atoms with E-state index in [1.807, 2.05) is 12.3 Å². The lowest BCUT2D eigenvalue weighted by Crippen LogP contribution is -2.36. The topological polar surface area (TPSA) is 28.2 Å². The Hall–Kier alpha value is -1.71. The molecule has 3 nitrogen and oxygen atoms in total. The highest BCUT2D eigenvalue weighted by Gasteiger charge is 2.24. The second kappa shape index (κ2) is 7.71. The van der Waals surface area contributed by atoms with Gasteiger partial charge < -0.3 is 5.32 Å². The highest BCUT2D eigenvalue weighted by molar-refractivity contribution is 5.31. The molecule has 1 aromatic heterocycles. The van der Waals surface area contributed by atoms with Crippen LogP contribution in [0.15, 0.2) is 48.7 Å².